The number of rotatable bonds is 4. The summed E-state index contributed by atoms with van der Waals surface area (Å²) in [6.45, 7) is 0. The molecule has 0 rings (SSSR count). The van der Waals surface area contributed by atoms with Gasteiger partial charge in [-0.2, -0.15) is 12.6 Å². The summed E-state index contributed by atoms with van der Waals surface area (Å²) in [5.41, 5.74) is 0. The van der Waals surface area contributed by atoms with E-state index in [-0.39, 0.29) is 14.0 Å². The van der Waals surface area contributed by atoms with E-state index < -0.39 is 0 Å². The van der Waals surface area contributed by atoms with Crippen molar-refractivity contribution in [3.8, 4) is 0 Å². The first kappa shape index (κ1) is 9.15. The van der Waals surface area contributed by atoms with Crippen LogP contribution in [0.3, 0.4) is 0 Å². The van der Waals surface area contributed by atoms with Crippen LogP contribution in [0.1, 0.15) is 6.42 Å². The molecule has 0 aromatic rings. The summed E-state index contributed by atoms with van der Waals surface area (Å²) >= 11 is 15.1. The molecule has 0 unspecified atom stereocenters. The van der Waals surface area contributed by atoms with Crippen molar-refractivity contribution in [3.05, 3.63) is 0 Å². The van der Waals surface area contributed by atoms with E-state index in [1.807, 2.05) is 0 Å². The van der Waals surface area contributed by atoms with Crippen molar-refractivity contribution in [3.63, 3.8) is 0 Å². The van der Waals surface area contributed by atoms with Gasteiger partial charge >= 0.3 is 0 Å². The molecular formula is C4H10Cl2SSi. The molecule has 0 bridgehead atoms. The molecular weight excluding hydrogens is 179 g/mol. The van der Waals surface area contributed by atoms with Crippen molar-refractivity contribution in [2.24, 2.45) is 0 Å². The van der Waals surface area contributed by atoms with Crippen LogP contribution in [0.25, 0.3) is 0 Å². The number of halogens is 2. The average molecular weight is 189 g/mol. The van der Waals surface area contributed by atoms with E-state index in [1.54, 1.807) is 0 Å². The molecule has 0 aliphatic heterocycles. The van der Waals surface area contributed by atoms with Crippen molar-refractivity contribution in [1.29, 1.82) is 0 Å². The minimum absolute atomic E-state index is 0.0464. The van der Waals surface area contributed by atoms with Crippen LogP contribution in [0.4, 0.5) is 0 Å². The van der Waals surface area contributed by atoms with Gasteiger partial charge in [-0.05, 0) is 12.2 Å². The van der Waals surface area contributed by atoms with Gasteiger partial charge < -0.3 is 0 Å². The van der Waals surface area contributed by atoms with Crippen molar-refractivity contribution in [2.75, 3.05) is 5.75 Å². The largest absolute Gasteiger partial charge is 0.179 e. The molecule has 0 radical (unpaired) electrons. The Morgan fingerprint density at radius 1 is 1.50 bits per heavy atom. The Morgan fingerprint density at radius 3 is 2.50 bits per heavy atom. The highest BCUT2D eigenvalue weighted by molar-refractivity contribution is 7.80. The molecule has 50 valence electrons. The van der Waals surface area contributed by atoms with Gasteiger partial charge in [0.25, 0.3) is 0 Å². The van der Waals surface area contributed by atoms with Crippen LogP contribution in [0, 0.1) is 0 Å². The Labute approximate surface area is 68.2 Å². The first-order valence-corrected chi connectivity index (χ1v) is 5.98. The third-order valence-electron chi connectivity index (χ3n) is 0.830. The summed E-state index contributed by atoms with van der Waals surface area (Å²) in [5, 5.41) is 0. The SMILES string of the molecule is SCCC[SiH2]C(Cl)Cl. The third kappa shape index (κ3) is 7.15. The van der Waals surface area contributed by atoms with E-state index >= 15 is 0 Å². The first-order chi connectivity index (χ1) is 3.77. The van der Waals surface area contributed by atoms with Gasteiger partial charge in [0.05, 0.1) is 14.0 Å². The highest BCUT2D eigenvalue weighted by Crippen LogP contribution is 2.03. The molecule has 8 heavy (non-hydrogen) atoms. The van der Waals surface area contributed by atoms with E-state index in [4.69, 9.17) is 23.2 Å². The molecule has 0 amide bonds. The molecule has 0 aromatic carbocycles. The van der Waals surface area contributed by atoms with Gasteiger partial charge in [-0.1, -0.05) is 6.04 Å². The van der Waals surface area contributed by atoms with Crippen LogP contribution in [0.2, 0.25) is 6.04 Å². The Kier molecular flexibility index (Phi) is 7.17. The zero-order chi connectivity index (χ0) is 6.41. The molecule has 0 heterocycles. The maximum atomic E-state index is 5.52. The molecule has 0 aliphatic rings. The van der Waals surface area contributed by atoms with Gasteiger partial charge in [-0.15, -0.1) is 23.2 Å². The normalized spacial score (nSPS) is 12.0. The van der Waals surface area contributed by atoms with Crippen molar-refractivity contribution < 1.29 is 0 Å². The smallest absolute Gasteiger partial charge is 0.0908 e. The average Bonchev–Trinajstić information content (AvgIpc) is 1.66. The topological polar surface area (TPSA) is 0 Å². The lowest BCUT2D eigenvalue weighted by molar-refractivity contribution is 1.09. The number of alkyl halides is 2. The van der Waals surface area contributed by atoms with E-state index in [0.29, 0.717) is 0 Å². The summed E-state index contributed by atoms with van der Waals surface area (Å²) in [6, 6.07) is 1.22. The molecule has 0 fully saturated rings. The van der Waals surface area contributed by atoms with Crippen molar-refractivity contribution >= 4 is 45.4 Å². The summed E-state index contributed by atoms with van der Waals surface area (Å²) < 4.78 is -0.0464. The summed E-state index contributed by atoms with van der Waals surface area (Å²) in [6.07, 6.45) is 1.17. The quantitative estimate of drug-likeness (QED) is 0.295. The predicted molar refractivity (Wildman–Crippen MR) is 47.3 cm³/mol. The highest BCUT2D eigenvalue weighted by atomic mass is 35.5. The second kappa shape index (κ2) is 6.27. The molecule has 4 heteroatoms. The zero-order valence-corrected chi connectivity index (χ0v) is 8.43. The number of thiol groups is 1. The van der Waals surface area contributed by atoms with Crippen LogP contribution >= 0.6 is 35.8 Å². The lowest BCUT2D eigenvalue weighted by atomic mass is 10.6. The predicted octanol–water partition coefficient (Wildman–Crippen LogP) is 1.65. The van der Waals surface area contributed by atoms with E-state index in [9.17, 15) is 0 Å². The fourth-order valence-corrected chi connectivity index (χ4v) is 2.83. The minimum atomic E-state index is -0.183. The fourth-order valence-electron chi connectivity index (χ4n) is 0.410. The Bertz CT molecular complexity index is 51.3. The van der Waals surface area contributed by atoms with Crippen LogP contribution in [-0.4, -0.2) is 19.7 Å². The van der Waals surface area contributed by atoms with Crippen molar-refractivity contribution in [2.45, 2.75) is 16.9 Å². The molecule has 0 aromatic heterocycles. The Hall–Kier alpha value is 1.15. The van der Waals surface area contributed by atoms with Gasteiger partial charge in [-0.25, -0.2) is 0 Å². The van der Waals surface area contributed by atoms with E-state index in [0.717, 1.165) is 5.75 Å². The third-order valence-corrected chi connectivity index (χ3v) is 3.80. The maximum absolute atomic E-state index is 5.52. The van der Waals surface area contributed by atoms with Crippen LogP contribution in [-0.2, 0) is 0 Å². The molecule has 0 nitrogen and oxygen atoms in total. The molecule has 0 spiro atoms. The minimum Gasteiger partial charge on any atom is -0.179 e. The zero-order valence-electron chi connectivity index (χ0n) is 4.61. The fraction of sp³-hybridized carbons (Fsp3) is 1.00. The van der Waals surface area contributed by atoms with Gasteiger partial charge in [-0.3, -0.25) is 0 Å². The van der Waals surface area contributed by atoms with Crippen LogP contribution < -0.4 is 0 Å². The monoisotopic (exact) mass is 188 g/mol. The van der Waals surface area contributed by atoms with Gasteiger partial charge in [0.15, 0.2) is 0 Å². The second-order valence-electron chi connectivity index (χ2n) is 1.61. The first-order valence-electron chi connectivity index (χ1n) is 2.66. The lowest BCUT2D eigenvalue weighted by Gasteiger charge is -1.95. The number of hydrogen-bond donors (Lipinski definition) is 1. The van der Waals surface area contributed by atoms with Crippen LogP contribution in [0.15, 0.2) is 0 Å². The molecule has 0 aliphatic carbocycles. The van der Waals surface area contributed by atoms with Crippen molar-refractivity contribution in [1.82, 2.24) is 0 Å². The second-order valence-corrected chi connectivity index (χ2v) is 6.47. The summed E-state index contributed by atoms with van der Waals surface area (Å²) in [5.74, 6) is 0.966. The summed E-state index contributed by atoms with van der Waals surface area (Å²) in [4.78, 5) is 0. The Balaban J connectivity index is 2.72. The lowest BCUT2D eigenvalue weighted by Crippen LogP contribution is -2.00. The molecule has 0 N–H and O–H groups in total. The molecule has 0 saturated carbocycles. The number of hydrogen-bond acceptors (Lipinski definition) is 1. The maximum Gasteiger partial charge on any atom is 0.0908 e. The van der Waals surface area contributed by atoms with Gasteiger partial charge in [0.2, 0.25) is 0 Å². The standard InChI is InChI=1S/C4H10Cl2SSi/c5-4(6)8-3-1-2-7/h4,7H,1-3,8H2. The van der Waals surface area contributed by atoms with E-state index in [2.05, 4.69) is 12.6 Å². The molecule has 0 saturated heterocycles. The summed E-state index contributed by atoms with van der Waals surface area (Å²) in [7, 11) is -0.183. The van der Waals surface area contributed by atoms with Crippen LogP contribution in [0.5, 0.6) is 0 Å². The Morgan fingerprint density at radius 2 is 2.12 bits per heavy atom. The van der Waals surface area contributed by atoms with Gasteiger partial charge in [0.1, 0.15) is 0 Å². The highest BCUT2D eigenvalue weighted by Gasteiger charge is 1.96. The molecule has 0 atom stereocenters. The van der Waals surface area contributed by atoms with E-state index in [1.165, 1.54) is 12.5 Å². The van der Waals surface area contributed by atoms with Gasteiger partial charge in [0, 0.05) is 0 Å².